The van der Waals surface area contributed by atoms with Crippen molar-refractivity contribution in [3.8, 4) is 0 Å². The number of hydrogen-bond acceptors (Lipinski definition) is 6. The second-order valence-electron chi connectivity index (χ2n) is 5.04. The van der Waals surface area contributed by atoms with Gasteiger partial charge in [-0.15, -0.1) is 0 Å². The summed E-state index contributed by atoms with van der Waals surface area (Å²) < 4.78 is 9.65. The Bertz CT molecular complexity index is 726. The molecule has 2 amide bonds. The molecule has 0 radical (unpaired) electrons. The molecule has 126 valence electrons. The summed E-state index contributed by atoms with van der Waals surface area (Å²) in [6.07, 6.45) is 0. The highest BCUT2D eigenvalue weighted by atomic mass is 16.5. The van der Waals surface area contributed by atoms with Crippen molar-refractivity contribution in [1.82, 2.24) is 10.5 Å². The van der Waals surface area contributed by atoms with E-state index in [-0.39, 0.29) is 5.82 Å². The maximum absolute atomic E-state index is 11.9. The van der Waals surface area contributed by atoms with E-state index in [1.54, 1.807) is 37.3 Å². The molecule has 0 aliphatic heterocycles. The van der Waals surface area contributed by atoms with Crippen molar-refractivity contribution in [2.75, 3.05) is 11.9 Å². The van der Waals surface area contributed by atoms with Gasteiger partial charge in [0, 0.05) is 11.6 Å². The normalized spacial score (nSPS) is 11.4. The number of nitrogens with zero attached hydrogens (tertiary/aromatic N) is 1. The molecule has 0 saturated carbocycles. The molecule has 8 heteroatoms. The number of esters is 1. The van der Waals surface area contributed by atoms with Crippen LogP contribution in [0.1, 0.15) is 23.0 Å². The van der Waals surface area contributed by atoms with E-state index in [1.165, 1.54) is 13.0 Å². The van der Waals surface area contributed by atoms with E-state index >= 15 is 0 Å². The standard InChI is InChI=1S/C16H17N3O5/c1-10-8-13(19-24-10)18-14(20)9-23-16(22)11(2)17-15(21)12-6-4-3-5-7-12/h3-8,11H,9H2,1-2H3,(H,17,21)(H,18,19,20)/t11-/m1/s1. The Kier molecular flexibility index (Phi) is 5.67. The molecule has 0 bridgehead atoms. The molecule has 1 aromatic heterocycles. The molecule has 1 aromatic carbocycles. The first-order valence-electron chi connectivity index (χ1n) is 7.21. The van der Waals surface area contributed by atoms with Crippen molar-refractivity contribution in [1.29, 1.82) is 0 Å². The van der Waals surface area contributed by atoms with Crippen molar-refractivity contribution in [3.05, 3.63) is 47.7 Å². The number of hydrogen-bond donors (Lipinski definition) is 2. The highest BCUT2D eigenvalue weighted by Gasteiger charge is 2.19. The van der Waals surface area contributed by atoms with Crippen LogP contribution in [0.5, 0.6) is 0 Å². The molecule has 0 spiro atoms. The zero-order valence-electron chi connectivity index (χ0n) is 13.2. The molecule has 8 nitrogen and oxygen atoms in total. The van der Waals surface area contributed by atoms with Gasteiger partial charge >= 0.3 is 5.97 Å². The zero-order valence-corrected chi connectivity index (χ0v) is 13.2. The van der Waals surface area contributed by atoms with Crippen molar-refractivity contribution in [2.45, 2.75) is 19.9 Å². The number of nitrogens with one attached hydrogen (secondary N) is 2. The molecule has 0 aliphatic rings. The fraction of sp³-hybridized carbons (Fsp3) is 0.250. The van der Waals surface area contributed by atoms with Crippen molar-refractivity contribution in [3.63, 3.8) is 0 Å². The van der Waals surface area contributed by atoms with E-state index in [0.717, 1.165) is 0 Å². The molecule has 0 aliphatic carbocycles. The van der Waals surface area contributed by atoms with Crippen LogP contribution in [0.3, 0.4) is 0 Å². The second kappa shape index (κ2) is 7.91. The van der Waals surface area contributed by atoms with E-state index in [2.05, 4.69) is 15.8 Å². The lowest BCUT2D eigenvalue weighted by molar-refractivity contribution is -0.148. The molecule has 1 atom stereocenters. The zero-order chi connectivity index (χ0) is 17.5. The summed E-state index contributed by atoms with van der Waals surface area (Å²) in [5, 5.41) is 8.50. The highest BCUT2D eigenvalue weighted by molar-refractivity contribution is 5.97. The molecule has 1 heterocycles. The average molecular weight is 331 g/mol. The first-order valence-corrected chi connectivity index (χ1v) is 7.21. The van der Waals surface area contributed by atoms with Gasteiger partial charge < -0.3 is 19.9 Å². The number of carbonyl (C=O) groups is 3. The summed E-state index contributed by atoms with van der Waals surface area (Å²) in [5.41, 5.74) is 0.427. The Morgan fingerprint density at radius 2 is 1.96 bits per heavy atom. The third kappa shape index (κ3) is 4.94. The summed E-state index contributed by atoms with van der Waals surface area (Å²) in [6.45, 7) is 2.66. The summed E-state index contributed by atoms with van der Waals surface area (Å²) in [6, 6.07) is 9.11. The summed E-state index contributed by atoms with van der Waals surface area (Å²) in [7, 11) is 0. The van der Waals surface area contributed by atoms with Crippen LogP contribution in [-0.4, -0.2) is 35.6 Å². The largest absolute Gasteiger partial charge is 0.454 e. The summed E-state index contributed by atoms with van der Waals surface area (Å²) in [4.78, 5) is 35.4. The van der Waals surface area contributed by atoms with E-state index in [4.69, 9.17) is 9.26 Å². The fourth-order valence-electron chi connectivity index (χ4n) is 1.79. The fourth-order valence-corrected chi connectivity index (χ4v) is 1.79. The number of aryl methyl sites for hydroxylation is 1. The molecule has 0 saturated heterocycles. The van der Waals surface area contributed by atoms with Crippen molar-refractivity contribution in [2.24, 2.45) is 0 Å². The van der Waals surface area contributed by atoms with Crippen LogP contribution in [0.15, 0.2) is 40.9 Å². The lowest BCUT2D eigenvalue weighted by atomic mass is 10.2. The predicted molar refractivity (Wildman–Crippen MR) is 84.2 cm³/mol. The minimum atomic E-state index is -0.889. The SMILES string of the molecule is Cc1cc(NC(=O)COC(=O)[C@@H](C)NC(=O)c2ccccc2)no1. The Balaban J connectivity index is 1.77. The summed E-state index contributed by atoms with van der Waals surface area (Å²) in [5.74, 6) is -0.898. The monoisotopic (exact) mass is 331 g/mol. The highest BCUT2D eigenvalue weighted by Crippen LogP contribution is 2.06. The minimum absolute atomic E-state index is 0.235. The van der Waals surface area contributed by atoms with Gasteiger partial charge in [0.25, 0.3) is 11.8 Å². The number of aromatic nitrogens is 1. The van der Waals surface area contributed by atoms with Crippen LogP contribution in [0.4, 0.5) is 5.82 Å². The van der Waals surface area contributed by atoms with Crippen molar-refractivity contribution >= 4 is 23.6 Å². The van der Waals surface area contributed by atoms with Gasteiger partial charge in [-0.05, 0) is 26.0 Å². The van der Waals surface area contributed by atoms with Gasteiger partial charge in [0.2, 0.25) is 0 Å². The van der Waals surface area contributed by atoms with Crippen LogP contribution in [-0.2, 0) is 14.3 Å². The van der Waals surface area contributed by atoms with Crippen molar-refractivity contribution < 1.29 is 23.6 Å². The molecule has 24 heavy (non-hydrogen) atoms. The number of anilines is 1. The van der Waals surface area contributed by atoms with E-state index < -0.39 is 30.4 Å². The van der Waals surface area contributed by atoms with Crippen LogP contribution >= 0.6 is 0 Å². The minimum Gasteiger partial charge on any atom is -0.454 e. The van der Waals surface area contributed by atoms with E-state index in [0.29, 0.717) is 11.3 Å². The van der Waals surface area contributed by atoms with Gasteiger partial charge in [-0.1, -0.05) is 23.4 Å². The molecule has 0 fully saturated rings. The number of amides is 2. The maximum Gasteiger partial charge on any atom is 0.328 e. The first kappa shape index (κ1) is 17.2. The smallest absolute Gasteiger partial charge is 0.328 e. The van der Waals surface area contributed by atoms with Gasteiger partial charge in [-0.25, -0.2) is 4.79 Å². The molecular formula is C16H17N3O5. The Hall–Kier alpha value is -3.16. The van der Waals surface area contributed by atoms with Crippen LogP contribution in [0.2, 0.25) is 0 Å². The Labute approximate surface area is 138 Å². The number of rotatable bonds is 6. The van der Waals surface area contributed by atoms with E-state index in [9.17, 15) is 14.4 Å². The second-order valence-corrected chi connectivity index (χ2v) is 5.04. The number of carbonyl (C=O) groups excluding carboxylic acids is 3. The maximum atomic E-state index is 11.9. The lowest BCUT2D eigenvalue weighted by Crippen LogP contribution is -2.40. The molecule has 2 rings (SSSR count). The number of ether oxygens (including phenoxy) is 1. The Morgan fingerprint density at radius 1 is 1.25 bits per heavy atom. The lowest BCUT2D eigenvalue weighted by Gasteiger charge is -2.13. The van der Waals surface area contributed by atoms with Gasteiger partial charge in [-0.2, -0.15) is 0 Å². The molecule has 0 unspecified atom stereocenters. The molecular weight excluding hydrogens is 314 g/mol. The quantitative estimate of drug-likeness (QED) is 0.772. The third-order valence-electron chi connectivity index (χ3n) is 2.98. The van der Waals surface area contributed by atoms with Crippen LogP contribution < -0.4 is 10.6 Å². The van der Waals surface area contributed by atoms with Gasteiger partial charge in [0.05, 0.1) is 0 Å². The molecule has 2 aromatic rings. The van der Waals surface area contributed by atoms with Crippen LogP contribution in [0.25, 0.3) is 0 Å². The first-order chi connectivity index (χ1) is 11.5. The van der Waals surface area contributed by atoms with Gasteiger partial charge in [-0.3, -0.25) is 9.59 Å². The summed E-state index contributed by atoms with van der Waals surface area (Å²) >= 11 is 0. The van der Waals surface area contributed by atoms with Gasteiger partial charge in [0.15, 0.2) is 12.4 Å². The molecule has 2 N–H and O–H groups in total. The number of benzene rings is 1. The van der Waals surface area contributed by atoms with E-state index in [1.807, 2.05) is 0 Å². The Morgan fingerprint density at radius 3 is 2.58 bits per heavy atom. The topological polar surface area (TPSA) is 111 Å². The average Bonchev–Trinajstić information content (AvgIpc) is 2.98. The predicted octanol–water partition coefficient (Wildman–Crippen LogP) is 1.28. The van der Waals surface area contributed by atoms with Crippen LogP contribution in [0, 0.1) is 6.92 Å². The third-order valence-corrected chi connectivity index (χ3v) is 2.98. The van der Waals surface area contributed by atoms with Gasteiger partial charge in [0.1, 0.15) is 11.8 Å².